The summed E-state index contributed by atoms with van der Waals surface area (Å²) in [5.41, 5.74) is 0.589. The molecule has 0 aliphatic carbocycles. The quantitative estimate of drug-likeness (QED) is 0.823. The van der Waals surface area contributed by atoms with E-state index in [1.165, 1.54) is 13.2 Å². The highest BCUT2D eigenvalue weighted by Gasteiger charge is 2.41. The lowest BCUT2D eigenvalue weighted by Crippen LogP contribution is -2.53. The van der Waals surface area contributed by atoms with Crippen molar-refractivity contribution in [3.63, 3.8) is 0 Å². The van der Waals surface area contributed by atoms with Crippen LogP contribution in [0, 0.1) is 5.82 Å². The molecule has 2 fully saturated rings. The van der Waals surface area contributed by atoms with Crippen molar-refractivity contribution in [3.05, 3.63) is 29.6 Å². The van der Waals surface area contributed by atoms with Gasteiger partial charge in [-0.15, -0.1) is 0 Å². The van der Waals surface area contributed by atoms with E-state index in [4.69, 9.17) is 9.47 Å². The Morgan fingerprint density at radius 3 is 2.73 bits per heavy atom. The molecule has 2 saturated heterocycles. The molecule has 1 amide bonds. The Balaban J connectivity index is 1.56. The second-order valence-electron chi connectivity index (χ2n) is 7.67. The van der Waals surface area contributed by atoms with Gasteiger partial charge in [0.25, 0.3) is 0 Å². The third kappa shape index (κ3) is 4.18. The molecule has 3 rings (SSSR count). The van der Waals surface area contributed by atoms with E-state index in [-0.39, 0.29) is 23.7 Å². The number of benzene rings is 1. The molecule has 0 aromatic heterocycles. The number of amides is 1. The van der Waals surface area contributed by atoms with Crippen LogP contribution in [-0.4, -0.2) is 68.3 Å². The fourth-order valence-electron chi connectivity index (χ4n) is 4.06. The highest BCUT2D eigenvalue weighted by molar-refractivity contribution is 5.79. The molecule has 1 aromatic carbocycles. The van der Waals surface area contributed by atoms with Crippen LogP contribution in [0.15, 0.2) is 18.2 Å². The minimum absolute atomic E-state index is 0.0457. The third-order valence-corrected chi connectivity index (χ3v) is 5.80. The third-order valence-electron chi connectivity index (χ3n) is 5.80. The topological polar surface area (TPSA) is 42.0 Å². The van der Waals surface area contributed by atoms with Crippen molar-refractivity contribution < 1.29 is 18.7 Å². The van der Waals surface area contributed by atoms with Gasteiger partial charge in [-0.1, -0.05) is 6.07 Å². The first-order valence-electron chi connectivity index (χ1n) is 9.33. The normalized spacial score (nSPS) is 22.7. The molecule has 0 bridgehead atoms. The number of halogens is 1. The van der Waals surface area contributed by atoms with Gasteiger partial charge in [0, 0.05) is 25.7 Å². The summed E-state index contributed by atoms with van der Waals surface area (Å²) in [6, 6.07) is 5.25. The number of nitrogens with zero attached hydrogens (tertiary/aromatic N) is 2. The Morgan fingerprint density at radius 2 is 2.12 bits per heavy atom. The van der Waals surface area contributed by atoms with Crippen LogP contribution in [0.5, 0.6) is 5.75 Å². The molecule has 144 valence electrons. The smallest absolute Gasteiger partial charge is 0.226 e. The standard InChI is InChI=1S/C20H29FN2O3/c1-22(2)16-6-11-26-20(14-16)7-9-23(10-8-20)19(24)13-15-4-5-18(25-3)17(21)12-15/h4-5,12,16H,6-11,13-14H2,1-3H3. The summed E-state index contributed by atoms with van der Waals surface area (Å²) in [6.07, 6.45) is 4.07. The maximum Gasteiger partial charge on any atom is 0.226 e. The van der Waals surface area contributed by atoms with Crippen LogP contribution in [0.1, 0.15) is 31.2 Å². The number of ether oxygens (including phenoxy) is 2. The molecule has 2 aliphatic rings. The second kappa shape index (κ2) is 7.92. The molecule has 1 unspecified atom stereocenters. The lowest BCUT2D eigenvalue weighted by molar-refractivity contribution is -0.147. The SMILES string of the molecule is COc1ccc(CC(=O)N2CCC3(CC2)CC(N(C)C)CCO3)cc1F. The van der Waals surface area contributed by atoms with Gasteiger partial charge in [0.2, 0.25) is 5.91 Å². The van der Waals surface area contributed by atoms with Crippen molar-refractivity contribution in [1.29, 1.82) is 0 Å². The van der Waals surface area contributed by atoms with Gasteiger partial charge < -0.3 is 19.3 Å². The summed E-state index contributed by atoms with van der Waals surface area (Å²) in [6.45, 7) is 2.21. The first-order valence-corrected chi connectivity index (χ1v) is 9.33. The minimum Gasteiger partial charge on any atom is -0.494 e. The zero-order chi connectivity index (χ0) is 18.7. The molecule has 1 aromatic rings. The summed E-state index contributed by atoms with van der Waals surface area (Å²) < 4.78 is 24.9. The van der Waals surface area contributed by atoms with E-state index in [0.29, 0.717) is 24.7 Å². The molecule has 0 radical (unpaired) electrons. The Bertz CT molecular complexity index is 642. The van der Waals surface area contributed by atoms with Crippen molar-refractivity contribution in [2.24, 2.45) is 0 Å². The number of methoxy groups -OCH3 is 1. The fraction of sp³-hybridized carbons (Fsp3) is 0.650. The summed E-state index contributed by atoms with van der Waals surface area (Å²) in [5.74, 6) is -0.184. The molecular formula is C20H29FN2O3. The number of carbonyl (C=O) groups excluding carboxylic acids is 1. The van der Waals surface area contributed by atoms with Crippen LogP contribution < -0.4 is 4.74 Å². The lowest BCUT2D eigenvalue weighted by atomic mass is 9.82. The molecule has 0 N–H and O–H groups in total. The molecule has 26 heavy (non-hydrogen) atoms. The molecule has 6 heteroatoms. The van der Waals surface area contributed by atoms with E-state index >= 15 is 0 Å². The molecule has 5 nitrogen and oxygen atoms in total. The maximum absolute atomic E-state index is 13.8. The van der Waals surface area contributed by atoms with Crippen LogP contribution >= 0.6 is 0 Å². The van der Waals surface area contributed by atoms with Gasteiger partial charge in [0.1, 0.15) is 0 Å². The Hall–Kier alpha value is -1.66. The van der Waals surface area contributed by atoms with Crippen LogP contribution in [0.3, 0.4) is 0 Å². The van der Waals surface area contributed by atoms with Gasteiger partial charge in [-0.05, 0) is 57.5 Å². The van der Waals surface area contributed by atoms with Gasteiger partial charge in [-0.3, -0.25) is 4.79 Å². The summed E-state index contributed by atoms with van der Waals surface area (Å²) in [5, 5.41) is 0. The van der Waals surface area contributed by atoms with Crippen LogP contribution in [0.4, 0.5) is 4.39 Å². The Morgan fingerprint density at radius 1 is 1.38 bits per heavy atom. The van der Waals surface area contributed by atoms with Crippen LogP contribution in [-0.2, 0) is 16.0 Å². The first kappa shape index (κ1) is 19.1. The predicted octanol–water partition coefficient (Wildman–Crippen LogP) is 2.48. The number of rotatable bonds is 4. The van der Waals surface area contributed by atoms with Crippen LogP contribution in [0.25, 0.3) is 0 Å². The van der Waals surface area contributed by atoms with Crippen molar-refractivity contribution in [2.45, 2.75) is 43.7 Å². The van der Waals surface area contributed by atoms with E-state index in [0.717, 1.165) is 32.3 Å². The van der Waals surface area contributed by atoms with Crippen LogP contribution in [0.2, 0.25) is 0 Å². The van der Waals surface area contributed by atoms with Crippen molar-refractivity contribution >= 4 is 5.91 Å². The summed E-state index contributed by atoms with van der Waals surface area (Å²) in [7, 11) is 5.67. The predicted molar refractivity (Wildman–Crippen MR) is 97.9 cm³/mol. The molecular weight excluding hydrogens is 335 g/mol. The number of carbonyl (C=O) groups is 1. The van der Waals surface area contributed by atoms with Gasteiger partial charge in [-0.25, -0.2) is 4.39 Å². The van der Waals surface area contributed by atoms with E-state index in [1.807, 2.05) is 4.90 Å². The van der Waals surface area contributed by atoms with E-state index in [1.54, 1.807) is 12.1 Å². The number of hydrogen-bond acceptors (Lipinski definition) is 4. The van der Waals surface area contributed by atoms with Crippen molar-refractivity contribution in [2.75, 3.05) is 40.9 Å². The van der Waals surface area contributed by atoms with Crippen molar-refractivity contribution in [1.82, 2.24) is 9.80 Å². The van der Waals surface area contributed by atoms with Gasteiger partial charge in [0.05, 0.1) is 19.1 Å². The van der Waals surface area contributed by atoms with E-state index < -0.39 is 5.82 Å². The molecule has 1 atom stereocenters. The van der Waals surface area contributed by atoms with E-state index in [2.05, 4.69) is 19.0 Å². The average Bonchev–Trinajstić information content (AvgIpc) is 2.62. The maximum atomic E-state index is 13.8. The zero-order valence-corrected chi connectivity index (χ0v) is 16.0. The minimum atomic E-state index is -0.430. The number of piperidine rings is 1. The summed E-state index contributed by atoms with van der Waals surface area (Å²) in [4.78, 5) is 16.8. The zero-order valence-electron chi connectivity index (χ0n) is 16.0. The van der Waals surface area contributed by atoms with Crippen molar-refractivity contribution in [3.8, 4) is 5.75 Å². The van der Waals surface area contributed by atoms with Gasteiger partial charge in [0.15, 0.2) is 11.6 Å². The molecule has 2 heterocycles. The van der Waals surface area contributed by atoms with E-state index in [9.17, 15) is 9.18 Å². The summed E-state index contributed by atoms with van der Waals surface area (Å²) >= 11 is 0. The van der Waals surface area contributed by atoms with Gasteiger partial charge >= 0.3 is 0 Å². The number of likely N-dealkylation sites (tertiary alicyclic amines) is 1. The fourth-order valence-corrected chi connectivity index (χ4v) is 4.06. The second-order valence-corrected chi connectivity index (χ2v) is 7.67. The highest BCUT2D eigenvalue weighted by atomic mass is 19.1. The monoisotopic (exact) mass is 364 g/mol. The Labute approximate surface area is 155 Å². The average molecular weight is 364 g/mol. The molecule has 2 aliphatic heterocycles. The molecule has 0 saturated carbocycles. The first-order chi connectivity index (χ1) is 12.4. The largest absolute Gasteiger partial charge is 0.494 e. The lowest BCUT2D eigenvalue weighted by Gasteiger charge is -2.47. The van der Waals surface area contributed by atoms with Gasteiger partial charge in [-0.2, -0.15) is 0 Å². The number of hydrogen-bond donors (Lipinski definition) is 0. The Kier molecular flexibility index (Phi) is 5.82. The molecule has 1 spiro atoms. The highest BCUT2D eigenvalue weighted by Crippen LogP contribution is 2.36.